The summed E-state index contributed by atoms with van der Waals surface area (Å²) in [6, 6.07) is 9.44. The summed E-state index contributed by atoms with van der Waals surface area (Å²) in [6.45, 7) is -0.733. The second-order valence-electron chi connectivity index (χ2n) is 6.79. The molecule has 0 aliphatic heterocycles. The zero-order valence-electron chi connectivity index (χ0n) is 16.9. The average Bonchev–Trinajstić information content (AvgIpc) is 3.17. The molecule has 0 atom stereocenters. The first-order chi connectivity index (χ1) is 15.2. The number of aliphatic hydroxyl groups is 1. The van der Waals surface area contributed by atoms with Gasteiger partial charge in [0.2, 0.25) is 0 Å². The fourth-order valence-corrected chi connectivity index (χ4v) is 3.04. The number of hydrogen-bond donors (Lipinski definition) is 3. The van der Waals surface area contributed by atoms with E-state index < -0.39 is 36.7 Å². The normalized spacial score (nSPS) is 11.4. The summed E-state index contributed by atoms with van der Waals surface area (Å²) in [5, 5.41) is 17.5. The molecule has 0 spiro atoms. The van der Waals surface area contributed by atoms with Gasteiger partial charge in [0.15, 0.2) is 0 Å². The Labute approximate surface area is 180 Å². The summed E-state index contributed by atoms with van der Waals surface area (Å²) >= 11 is 0. The summed E-state index contributed by atoms with van der Waals surface area (Å²) < 4.78 is 60.4. The van der Waals surface area contributed by atoms with Gasteiger partial charge in [-0.25, -0.2) is 13.9 Å². The molecule has 1 heterocycles. The van der Waals surface area contributed by atoms with Crippen molar-refractivity contribution in [1.82, 2.24) is 15.1 Å². The number of nitrogens with zero attached hydrogens (tertiary/aromatic N) is 2. The zero-order valence-corrected chi connectivity index (χ0v) is 16.9. The maximum Gasteiger partial charge on any atom is 0.419 e. The third-order valence-corrected chi connectivity index (χ3v) is 4.54. The number of urea groups is 1. The standard InChI is InChI=1S/C21H20F4N4O3/c1-32-12-13-3-2-4-16(7-13)29-19(17(9-27-29)21(23,24)25)10-26-20(31)28-15-6-5-14(11-30)18(22)8-15/h2-9,30H,10-12H2,1H3,(H2,26,28,31). The van der Waals surface area contributed by atoms with E-state index in [4.69, 9.17) is 9.84 Å². The Morgan fingerprint density at radius 3 is 2.66 bits per heavy atom. The van der Waals surface area contributed by atoms with Crippen LogP contribution in [0.25, 0.3) is 5.69 Å². The number of hydrogen-bond acceptors (Lipinski definition) is 4. The first kappa shape index (κ1) is 23.2. The topological polar surface area (TPSA) is 88.4 Å². The van der Waals surface area contributed by atoms with Crippen molar-refractivity contribution in [3.8, 4) is 5.69 Å². The SMILES string of the molecule is COCc1cccc(-n2ncc(C(F)(F)F)c2CNC(=O)Nc2ccc(CO)c(F)c2)c1. The van der Waals surface area contributed by atoms with Crippen LogP contribution in [0.4, 0.5) is 28.0 Å². The van der Waals surface area contributed by atoms with Gasteiger partial charge in [-0.2, -0.15) is 18.3 Å². The van der Waals surface area contributed by atoms with Crippen molar-refractivity contribution >= 4 is 11.7 Å². The minimum Gasteiger partial charge on any atom is -0.392 e. The van der Waals surface area contributed by atoms with Crippen molar-refractivity contribution in [2.75, 3.05) is 12.4 Å². The molecule has 2 amide bonds. The Kier molecular flexibility index (Phi) is 7.11. The second-order valence-corrected chi connectivity index (χ2v) is 6.79. The van der Waals surface area contributed by atoms with Crippen LogP contribution in [0.5, 0.6) is 0 Å². The second kappa shape index (κ2) is 9.79. The number of nitrogens with one attached hydrogen (secondary N) is 2. The zero-order chi connectivity index (χ0) is 23.3. The van der Waals surface area contributed by atoms with E-state index in [1.165, 1.54) is 19.2 Å². The number of anilines is 1. The highest BCUT2D eigenvalue weighted by molar-refractivity contribution is 5.89. The summed E-state index contributed by atoms with van der Waals surface area (Å²) in [7, 11) is 1.50. The van der Waals surface area contributed by atoms with Gasteiger partial charge in [0.25, 0.3) is 0 Å². The van der Waals surface area contributed by atoms with E-state index in [-0.39, 0.29) is 23.6 Å². The Hall–Kier alpha value is -3.44. The van der Waals surface area contributed by atoms with Crippen LogP contribution in [0.1, 0.15) is 22.4 Å². The van der Waals surface area contributed by atoms with Gasteiger partial charge in [-0.05, 0) is 29.8 Å². The van der Waals surface area contributed by atoms with Crippen molar-refractivity contribution in [1.29, 1.82) is 0 Å². The van der Waals surface area contributed by atoms with Crippen LogP contribution >= 0.6 is 0 Å². The van der Waals surface area contributed by atoms with E-state index in [1.54, 1.807) is 24.3 Å². The summed E-state index contributed by atoms with van der Waals surface area (Å²) in [5.74, 6) is -0.723. The first-order valence-electron chi connectivity index (χ1n) is 9.39. The molecule has 0 aliphatic rings. The largest absolute Gasteiger partial charge is 0.419 e. The number of methoxy groups -OCH3 is 1. The minimum atomic E-state index is -4.68. The number of alkyl halides is 3. The molecule has 0 bridgehead atoms. The third-order valence-electron chi connectivity index (χ3n) is 4.54. The van der Waals surface area contributed by atoms with Crippen LogP contribution in [-0.2, 0) is 30.7 Å². The van der Waals surface area contributed by atoms with Gasteiger partial charge in [0.05, 0.1) is 42.9 Å². The monoisotopic (exact) mass is 452 g/mol. The van der Waals surface area contributed by atoms with E-state index >= 15 is 0 Å². The Bertz CT molecular complexity index is 1100. The molecule has 3 rings (SSSR count). The molecular weight excluding hydrogens is 432 g/mol. The van der Waals surface area contributed by atoms with Gasteiger partial charge >= 0.3 is 12.2 Å². The Morgan fingerprint density at radius 1 is 1.22 bits per heavy atom. The van der Waals surface area contributed by atoms with Gasteiger partial charge < -0.3 is 20.5 Å². The fourth-order valence-electron chi connectivity index (χ4n) is 3.04. The lowest BCUT2D eigenvalue weighted by Crippen LogP contribution is -2.30. The maximum atomic E-state index is 13.7. The van der Waals surface area contributed by atoms with Crippen molar-refractivity contribution < 1.29 is 32.2 Å². The van der Waals surface area contributed by atoms with E-state index in [1.807, 2.05) is 0 Å². The molecule has 3 aromatic rings. The molecule has 0 saturated heterocycles. The lowest BCUT2D eigenvalue weighted by molar-refractivity contribution is -0.138. The van der Waals surface area contributed by atoms with Crippen LogP contribution in [0.15, 0.2) is 48.7 Å². The molecule has 0 radical (unpaired) electrons. The molecular formula is C21H20F4N4O3. The molecule has 0 aliphatic carbocycles. The number of ether oxygens (including phenoxy) is 1. The molecule has 32 heavy (non-hydrogen) atoms. The van der Waals surface area contributed by atoms with Crippen molar-refractivity contribution in [3.63, 3.8) is 0 Å². The van der Waals surface area contributed by atoms with Crippen LogP contribution < -0.4 is 10.6 Å². The number of aromatic nitrogens is 2. The van der Waals surface area contributed by atoms with Crippen LogP contribution in [0.3, 0.4) is 0 Å². The van der Waals surface area contributed by atoms with E-state index in [2.05, 4.69) is 15.7 Å². The van der Waals surface area contributed by atoms with E-state index in [0.717, 1.165) is 16.3 Å². The van der Waals surface area contributed by atoms with Crippen LogP contribution in [0, 0.1) is 5.82 Å². The number of halogens is 4. The van der Waals surface area contributed by atoms with Gasteiger partial charge in [0.1, 0.15) is 5.82 Å². The summed E-state index contributed by atoms with van der Waals surface area (Å²) in [6.07, 6.45) is -3.99. The highest BCUT2D eigenvalue weighted by Crippen LogP contribution is 2.33. The van der Waals surface area contributed by atoms with E-state index in [0.29, 0.717) is 11.9 Å². The number of rotatable bonds is 7. The summed E-state index contributed by atoms with van der Waals surface area (Å²) in [5.41, 5.74) is -0.0373. The van der Waals surface area contributed by atoms with Crippen molar-refractivity contribution in [2.24, 2.45) is 0 Å². The highest BCUT2D eigenvalue weighted by Gasteiger charge is 2.36. The van der Waals surface area contributed by atoms with Gasteiger partial charge in [-0.1, -0.05) is 18.2 Å². The predicted octanol–water partition coefficient (Wildman–Crippen LogP) is 3.99. The molecule has 2 aromatic carbocycles. The molecule has 170 valence electrons. The molecule has 0 saturated carbocycles. The van der Waals surface area contributed by atoms with Gasteiger partial charge in [0, 0.05) is 18.4 Å². The smallest absolute Gasteiger partial charge is 0.392 e. The number of carbonyl (C=O) groups is 1. The van der Waals surface area contributed by atoms with Gasteiger partial charge in [-0.15, -0.1) is 0 Å². The van der Waals surface area contributed by atoms with E-state index in [9.17, 15) is 22.4 Å². The first-order valence-corrected chi connectivity index (χ1v) is 9.39. The quantitative estimate of drug-likeness (QED) is 0.473. The molecule has 0 unspecified atom stereocenters. The van der Waals surface area contributed by atoms with Crippen LogP contribution in [-0.4, -0.2) is 28.0 Å². The fraction of sp³-hybridized carbons (Fsp3) is 0.238. The van der Waals surface area contributed by atoms with Crippen LogP contribution in [0.2, 0.25) is 0 Å². The van der Waals surface area contributed by atoms with Crippen molar-refractivity contribution in [2.45, 2.75) is 25.9 Å². The predicted molar refractivity (Wildman–Crippen MR) is 107 cm³/mol. The summed E-state index contributed by atoms with van der Waals surface area (Å²) in [4.78, 5) is 12.2. The molecule has 0 fully saturated rings. The molecule has 1 aromatic heterocycles. The minimum absolute atomic E-state index is 0.0467. The lowest BCUT2D eigenvalue weighted by atomic mass is 10.2. The lowest BCUT2D eigenvalue weighted by Gasteiger charge is -2.14. The Balaban J connectivity index is 1.82. The third kappa shape index (κ3) is 5.42. The maximum absolute atomic E-state index is 13.7. The number of aliphatic hydroxyl groups excluding tert-OH is 1. The van der Waals surface area contributed by atoms with Gasteiger partial charge in [-0.3, -0.25) is 0 Å². The molecule has 7 nitrogen and oxygen atoms in total. The molecule has 11 heteroatoms. The number of amides is 2. The highest BCUT2D eigenvalue weighted by atomic mass is 19.4. The van der Waals surface area contributed by atoms with Crippen molar-refractivity contribution in [3.05, 3.63) is 76.9 Å². The average molecular weight is 452 g/mol. The molecule has 3 N–H and O–H groups in total. The number of carbonyl (C=O) groups excluding carboxylic acids is 1. The Morgan fingerprint density at radius 2 is 2.00 bits per heavy atom. The number of benzene rings is 2.